The van der Waals surface area contributed by atoms with Crippen LogP contribution in [0.5, 0.6) is 0 Å². The van der Waals surface area contributed by atoms with Gasteiger partial charge in [-0.3, -0.25) is 0 Å². The van der Waals surface area contributed by atoms with Crippen molar-refractivity contribution < 1.29 is 13.9 Å². The number of pyridine rings is 1. The minimum absolute atomic E-state index is 0.292. The van der Waals surface area contributed by atoms with Crippen molar-refractivity contribution in [3.63, 3.8) is 0 Å². The SMILES string of the molecule is CCOC(=O)C(=C1SCCCS1)c1cc(-c2ccc(F)cc2)nc2cc(C)ccc12. The summed E-state index contributed by atoms with van der Waals surface area (Å²) in [6.07, 6.45) is 1.12. The lowest BCUT2D eigenvalue weighted by Crippen LogP contribution is -2.10. The molecule has 6 heteroatoms. The molecule has 1 saturated heterocycles. The lowest BCUT2D eigenvalue weighted by Gasteiger charge is -2.19. The average Bonchev–Trinajstić information content (AvgIpc) is 2.75. The highest BCUT2D eigenvalue weighted by molar-refractivity contribution is 8.23. The molecule has 3 aromatic rings. The molecule has 0 N–H and O–H groups in total. The van der Waals surface area contributed by atoms with Crippen molar-refractivity contribution in [2.24, 2.45) is 0 Å². The van der Waals surface area contributed by atoms with Crippen molar-refractivity contribution in [2.45, 2.75) is 20.3 Å². The number of hydrogen-bond donors (Lipinski definition) is 0. The third kappa shape index (κ3) is 4.40. The average molecular weight is 440 g/mol. The van der Waals surface area contributed by atoms with Gasteiger partial charge < -0.3 is 4.74 Å². The Bertz CT molecular complexity index is 1120. The lowest BCUT2D eigenvalue weighted by molar-refractivity contribution is -0.136. The Labute approximate surface area is 184 Å². The molecular formula is C24H22FNO2S2. The number of ether oxygens (including phenoxy) is 1. The fourth-order valence-corrected chi connectivity index (χ4v) is 6.03. The van der Waals surface area contributed by atoms with E-state index in [-0.39, 0.29) is 11.8 Å². The second-order valence-corrected chi connectivity index (χ2v) is 9.48. The number of rotatable bonds is 4. The molecule has 0 atom stereocenters. The molecule has 1 fully saturated rings. The Balaban J connectivity index is 1.98. The van der Waals surface area contributed by atoms with Crippen LogP contribution >= 0.6 is 23.5 Å². The number of hydrogen-bond acceptors (Lipinski definition) is 5. The molecule has 3 nitrogen and oxygen atoms in total. The second kappa shape index (κ2) is 9.23. The molecule has 0 amide bonds. The maximum absolute atomic E-state index is 13.5. The molecule has 30 heavy (non-hydrogen) atoms. The number of fused-ring (bicyclic) bond motifs is 1. The summed E-state index contributed by atoms with van der Waals surface area (Å²) in [7, 11) is 0. The number of esters is 1. The summed E-state index contributed by atoms with van der Waals surface area (Å²) in [6, 6.07) is 14.3. The molecule has 0 saturated carbocycles. The van der Waals surface area contributed by atoms with Gasteiger partial charge in [0.05, 0.1) is 27.6 Å². The second-order valence-electron chi connectivity index (χ2n) is 7.02. The van der Waals surface area contributed by atoms with Crippen molar-refractivity contribution >= 4 is 46.0 Å². The highest BCUT2D eigenvalue weighted by Crippen LogP contribution is 2.43. The molecule has 154 valence electrons. The number of carbonyl (C=O) groups excluding carboxylic acids is 1. The number of thioether (sulfide) groups is 2. The van der Waals surface area contributed by atoms with Crippen LogP contribution < -0.4 is 0 Å². The summed E-state index contributed by atoms with van der Waals surface area (Å²) in [4.78, 5) is 17.9. The first kappa shape index (κ1) is 20.9. The van der Waals surface area contributed by atoms with E-state index in [1.54, 1.807) is 35.7 Å². The quantitative estimate of drug-likeness (QED) is 0.345. The lowest BCUT2D eigenvalue weighted by atomic mass is 9.98. The number of carbonyl (C=O) groups is 1. The highest BCUT2D eigenvalue weighted by atomic mass is 32.2. The molecule has 0 aliphatic carbocycles. The van der Waals surface area contributed by atoms with Gasteiger partial charge in [-0.2, -0.15) is 0 Å². The molecule has 2 aromatic carbocycles. The van der Waals surface area contributed by atoms with E-state index in [1.807, 2.05) is 38.1 Å². The smallest absolute Gasteiger partial charge is 0.340 e. The van der Waals surface area contributed by atoms with E-state index >= 15 is 0 Å². The van der Waals surface area contributed by atoms with E-state index in [1.165, 1.54) is 12.1 Å². The molecular weight excluding hydrogens is 417 g/mol. The van der Waals surface area contributed by atoms with Crippen LogP contribution in [0.15, 0.2) is 52.8 Å². The summed E-state index contributed by atoms with van der Waals surface area (Å²) in [5, 5.41) is 0.911. The van der Waals surface area contributed by atoms with E-state index in [2.05, 4.69) is 0 Å². The number of aryl methyl sites for hydroxylation is 1. The van der Waals surface area contributed by atoms with Gasteiger partial charge in [0.15, 0.2) is 0 Å². The van der Waals surface area contributed by atoms with Gasteiger partial charge in [-0.25, -0.2) is 14.2 Å². The summed E-state index contributed by atoms with van der Waals surface area (Å²) < 4.78 is 19.9. The van der Waals surface area contributed by atoms with Crippen LogP contribution in [0.4, 0.5) is 4.39 Å². The first-order chi connectivity index (χ1) is 14.6. The number of aromatic nitrogens is 1. The van der Waals surface area contributed by atoms with Crippen molar-refractivity contribution in [3.05, 3.63) is 69.7 Å². The van der Waals surface area contributed by atoms with Gasteiger partial charge in [-0.15, -0.1) is 23.5 Å². The zero-order valence-electron chi connectivity index (χ0n) is 16.9. The predicted molar refractivity (Wildman–Crippen MR) is 125 cm³/mol. The standard InChI is InChI=1S/C24H22FNO2S2/c1-3-28-23(27)22(24-29-11-4-12-30-24)19-14-20(16-6-8-17(25)9-7-16)26-21-13-15(2)5-10-18(19)21/h5-10,13-14H,3-4,11-12H2,1-2H3. The van der Waals surface area contributed by atoms with E-state index in [0.29, 0.717) is 17.9 Å². The molecule has 0 unspecified atom stereocenters. The van der Waals surface area contributed by atoms with Crippen molar-refractivity contribution in [1.82, 2.24) is 4.98 Å². The zero-order valence-corrected chi connectivity index (χ0v) is 18.5. The van der Waals surface area contributed by atoms with E-state index in [4.69, 9.17) is 9.72 Å². The first-order valence-corrected chi connectivity index (χ1v) is 11.9. The Morgan fingerprint density at radius 3 is 2.53 bits per heavy atom. The van der Waals surface area contributed by atoms with Crippen LogP contribution in [-0.4, -0.2) is 29.1 Å². The summed E-state index contributed by atoms with van der Waals surface area (Å²) in [5.41, 5.74) is 4.82. The van der Waals surface area contributed by atoms with Gasteiger partial charge in [0.1, 0.15) is 5.82 Å². The highest BCUT2D eigenvalue weighted by Gasteiger charge is 2.24. The third-order valence-corrected chi connectivity index (χ3v) is 7.44. The van der Waals surface area contributed by atoms with Gasteiger partial charge >= 0.3 is 5.97 Å². The fourth-order valence-electron chi connectivity index (χ4n) is 3.39. The monoisotopic (exact) mass is 439 g/mol. The minimum atomic E-state index is -0.312. The zero-order chi connectivity index (χ0) is 21.1. The molecule has 1 aromatic heterocycles. The van der Waals surface area contributed by atoms with Crippen molar-refractivity contribution in [1.29, 1.82) is 0 Å². The maximum atomic E-state index is 13.5. The summed E-state index contributed by atoms with van der Waals surface area (Å²) in [6.45, 7) is 4.15. The number of nitrogens with zero attached hydrogens (tertiary/aromatic N) is 1. The Morgan fingerprint density at radius 1 is 1.10 bits per heavy atom. The van der Waals surface area contributed by atoms with E-state index < -0.39 is 0 Å². The van der Waals surface area contributed by atoms with Gasteiger partial charge in [-0.05, 0) is 73.7 Å². The molecule has 0 spiro atoms. The van der Waals surface area contributed by atoms with Gasteiger partial charge in [0, 0.05) is 16.5 Å². The first-order valence-electron chi connectivity index (χ1n) is 9.91. The van der Waals surface area contributed by atoms with Crippen LogP contribution in [-0.2, 0) is 9.53 Å². The molecule has 1 aliphatic heterocycles. The molecule has 4 rings (SSSR count). The number of halogens is 1. The van der Waals surface area contributed by atoms with Gasteiger partial charge in [-0.1, -0.05) is 12.1 Å². The third-order valence-electron chi connectivity index (χ3n) is 4.81. The molecule has 0 radical (unpaired) electrons. The van der Waals surface area contributed by atoms with Crippen LogP contribution in [0.1, 0.15) is 24.5 Å². The molecule has 2 heterocycles. The maximum Gasteiger partial charge on any atom is 0.340 e. The number of benzene rings is 2. The predicted octanol–water partition coefficient (Wildman–Crippen LogP) is 6.45. The van der Waals surface area contributed by atoms with E-state index in [0.717, 1.165) is 49.8 Å². The normalized spacial score (nSPS) is 14.0. The van der Waals surface area contributed by atoms with Crippen LogP contribution in [0, 0.1) is 12.7 Å². The Hall–Kier alpha value is -2.31. The molecule has 0 bridgehead atoms. The minimum Gasteiger partial charge on any atom is -0.462 e. The Morgan fingerprint density at radius 2 is 1.83 bits per heavy atom. The van der Waals surface area contributed by atoms with Crippen LogP contribution in [0.2, 0.25) is 0 Å². The van der Waals surface area contributed by atoms with Gasteiger partial charge in [0.2, 0.25) is 0 Å². The van der Waals surface area contributed by atoms with Crippen molar-refractivity contribution in [3.8, 4) is 11.3 Å². The topological polar surface area (TPSA) is 39.2 Å². The van der Waals surface area contributed by atoms with Gasteiger partial charge in [0.25, 0.3) is 0 Å². The summed E-state index contributed by atoms with van der Waals surface area (Å²) >= 11 is 3.41. The van der Waals surface area contributed by atoms with E-state index in [9.17, 15) is 9.18 Å². The van der Waals surface area contributed by atoms with Crippen LogP contribution in [0.25, 0.3) is 27.7 Å². The fraction of sp³-hybridized carbons (Fsp3) is 0.250. The summed E-state index contributed by atoms with van der Waals surface area (Å²) in [5.74, 6) is 1.36. The largest absolute Gasteiger partial charge is 0.462 e. The van der Waals surface area contributed by atoms with Crippen molar-refractivity contribution in [2.75, 3.05) is 18.1 Å². The molecule has 1 aliphatic rings. The van der Waals surface area contributed by atoms with Crippen LogP contribution in [0.3, 0.4) is 0 Å². The Kier molecular flexibility index (Phi) is 6.44.